The highest BCUT2D eigenvalue weighted by Crippen LogP contribution is 2.25. The summed E-state index contributed by atoms with van der Waals surface area (Å²) < 4.78 is 5.66. The minimum atomic E-state index is 0.448. The third-order valence-corrected chi connectivity index (χ3v) is 3.43. The SMILES string of the molecule is CCC1OCCC1CN1CCCC1=N. The molecular weight excluding hydrogens is 176 g/mol. The lowest BCUT2D eigenvalue weighted by atomic mass is 9.99. The van der Waals surface area contributed by atoms with Crippen LogP contribution in [0.4, 0.5) is 0 Å². The van der Waals surface area contributed by atoms with E-state index in [1.807, 2.05) is 0 Å². The maximum Gasteiger partial charge on any atom is 0.0958 e. The van der Waals surface area contributed by atoms with E-state index in [2.05, 4.69) is 11.8 Å². The number of rotatable bonds is 3. The molecule has 2 heterocycles. The molecular formula is C11H20N2O. The number of hydrogen-bond donors (Lipinski definition) is 1. The molecule has 14 heavy (non-hydrogen) atoms. The molecule has 0 aromatic carbocycles. The molecule has 2 rings (SSSR count). The lowest BCUT2D eigenvalue weighted by molar-refractivity contribution is 0.0825. The summed E-state index contributed by atoms with van der Waals surface area (Å²) in [5.74, 6) is 1.50. The van der Waals surface area contributed by atoms with Crippen molar-refractivity contribution >= 4 is 5.84 Å². The van der Waals surface area contributed by atoms with Crippen LogP contribution in [0.5, 0.6) is 0 Å². The van der Waals surface area contributed by atoms with Gasteiger partial charge in [0, 0.05) is 32.0 Å². The first kappa shape index (κ1) is 9.97. The Hall–Kier alpha value is -0.570. The fraction of sp³-hybridized carbons (Fsp3) is 0.909. The quantitative estimate of drug-likeness (QED) is 0.748. The van der Waals surface area contributed by atoms with Crippen molar-refractivity contribution < 1.29 is 4.74 Å². The van der Waals surface area contributed by atoms with E-state index in [-0.39, 0.29) is 0 Å². The van der Waals surface area contributed by atoms with Gasteiger partial charge >= 0.3 is 0 Å². The molecule has 0 aromatic heterocycles. The van der Waals surface area contributed by atoms with Gasteiger partial charge in [-0.15, -0.1) is 0 Å². The van der Waals surface area contributed by atoms with Gasteiger partial charge in [-0.05, 0) is 19.3 Å². The van der Waals surface area contributed by atoms with E-state index in [1.54, 1.807) is 0 Å². The zero-order valence-corrected chi connectivity index (χ0v) is 8.96. The topological polar surface area (TPSA) is 36.3 Å². The molecule has 80 valence electrons. The summed E-state index contributed by atoms with van der Waals surface area (Å²) in [4.78, 5) is 2.24. The highest BCUT2D eigenvalue weighted by atomic mass is 16.5. The molecule has 2 aliphatic rings. The second-order valence-corrected chi connectivity index (χ2v) is 4.36. The number of amidine groups is 1. The predicted octanol–water partition coefficient (Wildman–Crippen LogP) is 1.87. The number of nitrogens with one attached hydrogen (secondary N) is 1. The van der Waals surface area contributed by atoms with Crippen molar-refractivity contribution in [3.8, 4) is 0 Å². The maximum absolute atomic E-state index is 7.78. The Labute approximate surface area is 85.9 Å². The van der Waals surface area contributed by atoms with Crippen LogP contribution in [0.15, 0.2) is 0 Å². The van der Waals surface area contributed by atoms with Crippen LogP contribution >= 0.6 is 0 Å². The summed E-state index contributed by atoms with van der Waals surface area (Å²) in [7, 11) is 0. The van der Waals surface area contributed by atoms with Crippen molar-refractivity contribution in [1.29, 1.82) is 5.41 Å². The molecule has 1 N–H and O–H groups in total. The summed E-state index contributed by atoms with van der Waals surface area (Å²) in [6.07, 6.45) is 4.89. The third kappa shape index (κ3) is 1.92. The molecule has 0 bridgehead atoms. The van der Waals surface area contributed by atoms with Crippen molar-refractivity contribution in [1.82, 2.24) is 4.90 Å². The van der Waals surface area contributed by atoms with Crippen LogP contribution in [0.3, 0.4) is 0 Å². The molecule has 0 radical (unpaired) electrons. The zero-order valence-electron chi connectivity index (χ0n) is 8.96. The minimum Gasteiger partial charge on any atom is -0.378 e. The average molecular weight is 196 g/mol. The second kappa shape index (κ2) is 4.30. The molecule has 2 unspecified atom stereocenters. The maximum atomic E-state index is 7.78. The van der Waals surface area contributed by atoms with Gasteiger partial charge in [-0.2, -0.15) is 0 Å². The first-order valence-corrected chi connectivity index (χ1v) is 5.75. The van der Waals surface area contributed by atoms with E-state index in [4.69, 9.17) is 10.1 Å². The minimum absolute atomic E-state index is 0.448. The average Bonchev–Trinajstić information content (AvgIpc) is 2.77. The molecule has 0 aliphatic carbocycles. The molecule has 3 heteroatoms. The normalized spacial score (nSPS) is 32.9. The van der Waals surface area contributed by atoms with Crippen molar-refractivity contribution in [3.63, 3.8) is 0 Å². The first-order valence-electron chi connectivity index (χ1n) is 5.75. The molecule has 2 fully saturated rings. The van der Waals surface area contributed by atoms with Gasteiger partial charge in [0.1, 0.15) is 0 Å². The summed E-state index contributed by atoms with van der Waals surface area (Å²) in [6.45, 7) is 5.26. The van der Waals surface area contributed by atoms with Gasteiger partial charge in [0.25, 0.3) is 0 Å². The van der Waals surface area contributed by atoms with Crippen molar-refractivity contribution in [2.45, 2.75) is 38.7 Å². The van der Waals surface area contributed by atoms with E-state index >= 15 is 0 Å². The fourth-order valence-corrected chi connectivity index (χ4v) is 2.57. The molecule has 2 aliphatic heterocycles. The van der Waals surface area contributed by atoms with Crippen LogP contribution in [-0.2, 0) is 4.74 Å². The first-order chi connectivity index (χ1) is 6.81. The van der Waals surface area contributed by atoms with Gasteiger partial charge in [-0.1, -0.05) is 6.92 Å². The van der Waals surface area contributed by atoms with Gasteiger partial charge in [0.2, 0.25) is 0 Å². The Morgan fingerprint density at radius 1 is 1.57 bits per heavy atom. The summed E-state index contributed by atoms with van der Waals surface area (Å²) in [6, 6.07) is 0. The largest absolute Gasteiger partial charge is 0.378 e. The molecule has 0 aromatic rings. The Morgan fingerprint density at radius 2 is 2.43 bits per heavy atom. The van der Waals surface area contributed by atoms with Gasteiger partial charge in [0.05, 0.1) is 11.9 Å². The summed E-state index contributed by atoms with van der Waals surface area (Å²) in [5.41, 5.74) is 0. The number of likely N-dealkylation sites (tertiary alicyclic amines) is 1. The third-order valence-electron chi connectivity index (χ3n) is 3.43. The van der Waals surface area contributed by atoms with E-state index in [0.717, 1.165) is 38.4 Å². The van der Waals surface area contributed by atoms with E-state index in [1.165, 1.54) is 12.8 Å². The number of hydrogen-bond acceptors (Lipinski definition) is 2. The fourth-order valence-electron chi connectivity index (χ4n) is 2.57. The molecule has 0 amide bonds. The molecule has 2 saturated heterocycles. The van der Waals surface area contributed by atoms with Gasteiger partial charge in [-0.25, -0.2) is 0 Å². The molecule has 0 spiro atoms. The predicted molar refractivity (Wildman–Crippen MR) is 56.7 cm³/mol. The number of ether oxygens (including phenoxy) is 1. The van der Waals surface area contributed by atoms with Crippen LogP contribution in [-0.4, -0.2) is 36.5 Å². The molecule has 2 atom stereocenters. The Balaban J connectivity index is 1.86. The Kier molecular flexibility index (Phi) is 3.06. The summed E-state index contributed by atoms with van der Waals surface area (Å²) in [5, 5.41) is 7.78. The van der Waals surface area contributed by atoms with E-state index in [9.17, 15) is 0 Å². The van der Waals surface area contributed by atoms with Crippen LogP contribution in [0.25, 0.3) is 0 Å². The zero-order chi connectivity index (χ0) is 9.97. The van der Waals surface area contributed by atoms with Crippen LogP contribution in [0.1, 0.15) is 32.6 Å². The van der Waals surface area contributed by atoms with Gasteiger partial charge in [-0.3, -0.25) is 5.41 Å². The smallest absolute Gasteiger partial charge is 0.0958 e. The van der Waals surface area contributed by atoms with Crippen LogP contribution < -0.4 is 0 Å². The van der Waals surface area contributed by atoms with Crippen molar-refractivity contribution in [2.75, 3.05) is 19.7 Å². The van der Waals surface area contributed by atoms with Gasteiger partial charge in [0.15, 0.2) is 0 Å². The number of nitrogens with zero attached hydrogens (tertiary/aromatic N) is 1. The van der Waals surface area contributed by atoms with Gasteiger partial charge < -0.3 is 9.64 Å². The Bertz CT molecular complexity index is 217. The lowest BCUT2D eigenvalue weighted by Crippen LogP contribution is -2.33. The second-order valence-electron chi connectivity index (χ2n) is 4.36. The van der Waals surface area contributed by atoms with E-state index < -0.39 is 0 Å². The molecule has 3 nitrogen and oxygen atoms in total. The monoisotopic (exact) mass is 196 g/mol. The molecule has 0 saturated carbocycles. The summed E-state index contributed by atoms with van der Waals surface area (Å²) >= 11 is 0. The van der Waals surface area contributed by atoms with Crippen molar-refractivity contribution in [2.24, 2.45) is 5.92 Å². The van der Waals surface area contributed by atoms with Crippen molar-refractivity contribution in [3.05, 3.63) is 0 Å². The Morgan fingerprint density at radius 3 is 3.07 bits per heavy atom. The highest BCUT2D eigenvalue weighted by Gasteiger charge is 2.30. The van der Waals surface area contributed by atoms with Crippen LogP contribution in [0.2, 0.25) is 0 Å². The lowest BCUT2D eigenvalue weighted by Gasteiger charge is -2.24. The standard InChI is InChI=1S/C11H20N2O/c1-2-10-9(5-7-14-10)8-13-6-3-4-11(13)12/h9-10,12H,2-8H2,1H3. The van der Waals surface area contributed by atoms with Crippen LogP contribution in [0, 0.1) is 11.3 Å². The highest BCUT2D eigenvalue weighted by molar-refractivity contribution is 5.80. The van der Waals surface area contributed by atoms with E-state index in [0.29, 0.717) is 12.0 Å².